The van der Waals surface area contributed by atoms with Crippen LogP contribution < -0.4 is 0 Å². The van der Waals surface area contributed by atoms with Crippen LogP contribution >= 0.6 is 0 Å². The predicted octanol–water partition coefficient (Wildman–Crippen LogP) is 4.78. The fourth-order valence-corrected chi connectivity index (χ4v) is 2.45. The van der Waals surface area contributed by atoms with Crippen molar-refractivity contribution < 1.29 is 5.11 Å². The van der Waals surface area contributed by atoms with Gasteiger partial charge in [-0.15, -0.1) is 0 Å². The van der Waals surface area contributed by atoms with Crippen LogP contribution in [0.1, 0.15) is 37.8 Å². The Labute approximate surface area is 121 Å². The van der Waals surface area contributed by atoms with E-state index in [9.17, 15) is 5.11 Å². The minimum atomic E-state index is -0.781. The van der Waals surface area contributed by atoms with E-state index in [0.29, 0.717) is 12.8 Å². The molecule has 0 unspecified atom stereocenters. The summed E-state index contributed by atoms with van der Waals surface area (Å²) >= 11 is 0. The molecule has 0 saturated carbocycles. The average Bonchev–Trinajstić information content (AvgIpc) is 2.54. The molecule has 0 aliphatic carbocycles. The molecule has 0 aromatic heterocycles. The number of aliphatic hydroxyl groups is 1. The van der Waals surface area contributed by atoms with Crippen molar-refractivity contribution >= 4 is 11.6 Å². The fraction of sp³-hybridized carbons (Fsp3) is 0.263. The number of hydrogen-bond donors (Lipinski definition) is 1. The van der Waals surface area contributed by atoms with Gasteiger partial charge in [0.1, 0.15) is 0 Å². The molecule has 0 bridgehead atoms. The maximum atomic E-state index is 10.9. The van der Waals surface area contributed by atoms with Crippen LogP contribution in [0, 0.1) is 0 Å². The third-order valence-electron chi connectivity index (χ3n) is 3.87. The Bertz CT molecular complexity index is 551. The lowest BCUT2D eigenvalue weighted by molar-refractivity contribution is 0.0941. The molecule has 0 amide bonds. The summed E-state index contributed by atoms with van der Waals surface area (Å²) in [7, 11) is 0. The van der Waals surface area contributed by atoms with E-state index in [1.54, 1.807) is 0 Å². The second-order valence-electron chi connectivity index (χ2n) is 5.07. The zero-order valence-electron chi connectivity index (χ0n) is 12.2. The van der Waals surface area contributed by atoms with E-state index in [2.05, 4.69) is 30.3 Å². The summed E-state index contributed by atoms with van der Waals surface area (Å²) in [5.74, 6) is 0. The lowest BCUT2D eigenvalue weighted by Crippen LogP contribution is -2.28. The normalized spacial score (nSPS) is 12.4. The first-order valence-electron chi connectivity index (χ1n) is 7.24. The molecular weight excluding hydrogens is 244 g/mol. The van der Waals surface area contributed by atoms with Crippen molar-refractivity contribution in [2.45, 2.75) is 32.3 Å². The molecule has 1 heteroatoms. The summed E-state index contributed by atoms with van der Waals surface area (Å²) in [6, 6.07) is 20.3. The Morgan fingerprint density at radius 3 is 1.90 bits per heavy atom. The van der Waals surface area contributed by atoms with Gasteiger partial charge in [0.15, 0.2) is 0 Å². The summed E-state index contributed by atoms with van der Waals surface area (Å²) in [5, 5.41) is 10.9. The average molecular weight is 266 g/mol. The maximum Gasteiger partial charge on any atom is 0.0897 e. The topological polar surface area (TPSA) is 20.2 Å². The molecule has 0 saturated heterocycles. The highest BCUT2D eigenvalue weighted by Gasteiger charge is 2.28. The predicted molar refractivity (Wildman–Crippen MR) is 86.3 cm³/mol. The second kappa shape index (κ2) is 6.53. The number of hydrogen-bond acceptors (Lipinski definition) is 1. The molecule has 1 N–H and O–H groups in total. The lowest BCUT2D eigenvalue weighted by atomic mass is 9.83. The van der Waals surface area contributed by atoms with Crippen LogP contribution in [0.3, 0.4) is 0 Å². The fourth-order valence-electron chi connectivity index (χ4n) is 2.45. The van der Waals surface area contributed by atoms with Crippen LogP contribution in [0.2, 0.25) is 0 Å². The summed E-state index contributed by atoms with van der Waals surface area (Å²) in [6.07, 6.45) is 3.51. The minimum absolute atomic E-state index is 0.705. The Morgan fingerprint density at radius 1 is 0.900 bits per heavy atom. The molecular formula is C19H22O. The van der Waals surface area contributed by atoms with Gasteiger partial charge in [-0.05, 0) is 35.6 Å². The van der Waals surface area contributed by atoms with E-state index < -0.39 is 5.60 Å². The summed E-state index contributed by atoms with van der Waals surface area (Å²) in [5.41, 5.74) is 2.42. The van der Waals surface area contributed by atoms with Gasteiger partial charge in [0, 0.05) is 0 Å². The van der Waals surface area contributed by atoms with Gasteiger partial charge in [-0.2, -0.15) is 0 Å². The van der Waals surface area contributed by atoms with E-state index in [0.717, 1.165) is 16.7 Å². The molecule has 0 heterocycles. The molecule has 20 heavy (non-hydrogen) atoms. The Balaban J connectivity index is 2.53. The van der Waals surface area contributed by atoms with Crippen LogP contribution in [0.15, 0.2) is 60.7 Å². The van der Waals surface area contributed by atoms with Gasteiger partial charge in [-0.25, -0.2) is 0 Å². The highest BCUT2D eigenvalue weighted by atomic mass is 16.3. The van der Waals surface area contributed by atoms with E-state index in [1.807, 2.05) is 50.2 Å². The molecule has 0 fully saturated rings. The standard InChI is InChI=1S/C19H22O/c1-3-19(20,4-2)18(17-13-9-6-10-14-17)15-16-11-7-5-8-12-16/h5-15,20H,3-4H2,1-2H3/b18-15-. The first kappa shape index (κ1) is 14.5. The minimum Gasteiger partial charge on any atom is -0.385 e. The van der Waals surface area contributed by atoms with Gasteiger partial charge in [0.2, 0.25) is 0 Å². The number of benzene rings is 2. The van der Waals surface area contributed by atoms with Crippen LogP contribution in [-0.4, -0.2) is 10.7 Å². The largest absolute Gasteiger partial charge is 0.385 e. The van der Waals surface area contributed by atoms with Crippen LogP contribution in [0.5, 0.6) is 0 Å². The van der Waals surface area contributed by atoms with Crippen molar-refractivity contribution in [3.8, 4) is 0 Å². The molecule has 0 radical (unpaired) electrons. The molecule has 0 atom stereocenters. The zero-order valence-corrected chi connectivity index (χ0v) is 12.2. The monoisotopic (exact) mass is 266 g/mol. The van der Waals surface area contributed by atoms with Crippen LogP contribution in [-0.2, 0) is 0 Å². The molecule has 104 valence electrons. The first-order valence-corrected chi connectivity index (χ1v) is 7.24. The quantitative estimate of drug-likeness (QED) is 0.772. The smallest absolute Gasteiger partial charge is 0.0897 e. The Hall–Kier alpha value is -1.86. The van der Waals surface area contributed by atoms with E-state index in [1.165, 1.54) is 0 Å². The second-order valence-corrected chi connectivity index (χ2v) is 5.07. The Kier molecular flexibility index (Phi) is 4.75. The SMILES string of the molecule is CCC(O)(CC)/C(=C\c1ccccc1)c1ccccc1. The van der Waals surface area contributed by atoms with Crippen molar-refractivity contribution in [3.05, 3.63) is 71.8 Å². The maximum absolute atomic E-state index is 10.9. The first-order chi connectivity index (χ1) is 9.69. The zero-order chi connectivity index (χ0) is 14.4. The molecule has 0 aliphatic rings. The van der Waals surface area contributed by atoms with E-state index in [-0.39, 0.29) is 0 Å². The van der Waals surface area contributed by atoms with Crippen molar-refractivity contribution in [3.63, 3.8) is 0 Å². The highest BCUT2D eigenvalue weighted by molar-refractivity contribution is 5.85. The van der Waals surface area contributed by atoms with E-state index >= 15 is 0 Å². The van der Waals surface area contributed by atoms with Crippen molar-refractivity contribution in [2.75, 3.05) is 0 Å². The van der Waals surface area contributed by atoms with Gasteiger partial charge in [-0.3, -0.25) is 0 Å². The van der Waals surface area contributed by atoms with Crippen molar-refractivity contribution in [1.82, 2.24) is 0 Å². The van der Waals surface area contributed by atoms with Gasteiger partial charge in [0.05, 0.1) is 5.60 Å². The van der Waals surface area contributed by atoms with Gasteiger partial charge in [-0.1, -0.05) is 74.5 Å². The molecule has 1 nitrogen and oxygen atoms in total. The summed E-state index contributed by atoms with van der Waals surface area (Å²) < 4.78 is 0. The van der Waals surface area contributed by atoms with Crippen LogP contribution in [0.25, 0.3) is 11.6 Å². The number of rotatable bonds is 5. The highest BCUT2D eigenvalue weighted by Crippen LogP contribution is 2.34. The van der Waals surface area contributed by atoms with Crippen molar-refractivity contribution in [1.29, 1.82) is 0 Å². The third kappa shape index (κ3) is 3.17. The lowest BCUT2D eigenvalue weighted by Gasteiger charge is -2.29. The molecule has 0 aliphatic heterocycles. The molecule has 2 aromatic rings. The third-order valence-corrected chi connectivity index (χ3v) is 3.87. The van der Waals surface area contributed by atoms with Gasteiger partial charge in [0.25, 0.3) is 0 Å². The summed E-state index contributed by atoms with van der Waals surface area (Å²) in [4.78, 5) is 0. The van der Waals surface area contributed by atoms with Crippen LogP contribution in [0.4, 0.5) is 0 Å². The summed E-state index contributed by atoms with van der Waals surface area (Å²) in [6.45, 7) is 4.07. The molecule has 2 rings (SSSR count). The van der Waals surface area contributed by atoms with E-state index in [4.69, 9.17) is 0 Å². The van der Waals surface area contributed by atoms with Gasteiger partial charge < -0.3 is 5.11 Å². The van der Waals surface area contributed by atoms with Crippen molar-refractivity contribution in [2.24, 2.45) is 0 Å². The van der Waals surface area contributed by atoms with Gasteiger partial charge >= 0.3 is 0 Å². The molecule has 2 aromatic carbocycles. The molecule has 0 spiro atoms. The Morgan fingerprint density at radius 2 is 1.40 bits per heavy atom.